The SMILES string of the molecule is Cc1cccc(NC(=O)N2CCCC(C)(C(=O)O)C2)c1Br. The molecule has 2 N–H and O–H groups in total. The zero-order chi connectivity index (χ0) is 15.6. The summed E-state index contributed by atoms with van der Waals surface area (Å²) in [5.41, 5.74) is 0.865. The number of rotatable bonds is 2. The molecule has 21 heavy (non-hydrogen) atoms. The molecule has 0 bridgehead atoms. The summed E-state index contributed by atoms with van der Waals surface area (Å²) in [7, 11) is 0. The fourth-order valence-electron chi connectivity index (χ4n) is 2.53. The van der Waals surface area contributed by atoms with Gasteiger partial charge in [0, 0.05) is 17.6 Å². The van der Waals surface area contributed by atoms with Gasteiger partial charge in [-0.1, -0.05) is 12.1 Å². The molecule has 0 aromatic heterocycles. The molecule has 2 amide bonds. The van der Waals surface area contributed by atoms with Crippen LogP contribution in [0.1, 0.15) is 25.3 Å². The number of likely N-dealkylation sites (tertiary alicyclic amines) is 1. The Morgan fingerprint density at radius 3 is 2.81 bits per heavy atom. The van der Waals surface area contributed by atoms with Gasteiger partial charge in [-0.2, -0.15) is 0 Å². The molecule has 0 spiro atoms. The number of carbonyl (C=O) groups is 2. The lowest BCUT2D eigenvalue weighted by atomic mass is 9.82. The molecule has 1 atom stereocenters. The number of hydrogen-bond donors (Lipinski definition) is 2. The van der Waals surface area contributed by atoms with Crippen molar-refractivity contribution in [2.75, 3.05) is 18.4 Å². The smallest absolute Gasteiger partial charge is 0.321 e. The Labute approximate surface area is 132 Å². The molecular weight excluding hydrogens is 336 g/mol. The molecule has 0 radical (unpaired) electrons. The Balaban J connectivity index is 2.10. The average molecular weight is 355 g/mol. The molecule has 1 saturated heterocycles. The number of amides is 2. The number of hydrogen-bond acceptors (Lipinski definition) is 2. The van der Waals surface area contributed by atoms with Crippen LogP contribution < -0.4 is 5.32 Å². The Morgan fingerprint density at radius 2 is 2.14 bits per heavy atom. The molecule has 0 aliphatic carbocycles. The molecule has 2 rings (SSSR count). The number of piperidine rings is 1. The Morgan fingerprint density at radius 1 is 1.43 bits per heavy atom. The normalized spacial score (nSPS) is 22.0. The van der Waals surface area contributed by atoms with Crippen molar-refractivity contribution in [2.24, 2.45) is 5.41 Å². The fourth-order valence-corrected chi connectivity index (χ4v) is 2.89. The van der Waals surface area contributed by atoms with E-state index in [9.17, 15) is 14.7 Å². The van der Waals surface area contributed by atoms with E-state index >= 15 is 0 Å². The number of carboxylic acid groups (broad SMARTS) is 1. The number of carboxylic acids is 1. The average Bonchev–Trinajstić information content (AvgIpc) is 2.43. The zero-order valence-corrected chi connectivity index (χ0v) is 13.7. The van der Waals surface area contributed by atoms with Gasteiger partial charge in [0.15, 0.2) is 0 Å². The molecular formula is C15H19BrN2O3. The number of anilines is 1. The van der Waals surface area contributed by atoms with Crippen LogP contribution in [0.25, 0.3) is 0 Å². The van der Waals surface area contributed by atoms with E-state index in [1.165, 1.54) is 0 Å². The third-order valence-electron chi connectivity index (χ3n) is 3.93. The third-order valence-corrected chi connectivity index (χ3v) is 4.99. The monoisotopic (exact) mass is 354 g/mol. The first-order valence-corrected chi connectivity index (χ1v) is 7.67. The van der Waals surface area contributed by atoms with E-state index in [2.05, 4.69) is 21.2 Å². The van der Waals surface area contributed by atoms with Crippen LogP contribution in [0, 0.1) is 12.3 Å². The van der Waals surface area contributed by atoms with Crippen LogP contribution in [-0.4, -0.2) is 35.1 Å². The zero-order valence-electron chi connectivity index (χ0n) is 12.1. The Hall–Kier alpha value is -1.56. The number of carbonyl (C=O) groups excluding carboxylic acids is 1. The number of urea groups is 1. The third kappa shape index (κ3) is 3.37. The van der Waals surface area contributed by atoms with Crippen LogP contribution in [0.2, 0.25) is 0 Å². The quantitative estimate of drug-likeness (QED) is 0.853. The van der Waals surface area contributed by atoms with Gasteiger partial charge in [0.1, 0.15) is 0 Å². The predicted octanol–water partition coefficient (Wildman–Crippen LogP) is 3.48. The maximum absolute atomic E-state index is 12.3. The minimum atomic E-state index is -0.862. The van der Waals surface area contributed by atoms with Crippen molar-refractivity contribution in [1.82, 2.24) is 4.90 Å². The van der Waals surface area contributed by atoms with Gasteiger partial charge in [0.2, 0.25) is 0 Å². The van der Waals surface area contributed by atoms with E-state index < -0.39 is 11.4 Å². The van der Waals surface area contributed by atoms with Gasteiger partial charge >= 0.3 is 12.0 Å². The van der Waals surface area contributed by atoms with Gasteiger partial charge in [0.25, 0.3) is 0 Å². The lowest BCUT2D eigenvalue weighted by Crippen LogP contribution is -2.49. The first-order valence-electron chi connectivity index (χ1n) is 6.88. The maximum atomic E-state index is 12.3. The van der Waals surface area contributed by atoms with E-state index in [1.54, 1.807) is 11.8 Å². The van der Waals surface area contributed by atoms with Crippen LogP contribution in [0.4, 0.5) is 10.5 Å². The molecule has 1 fully saturated rings. The van der Waals surface area contributed by atoms with Crippen molar-refractivity contribution in [3.8, 4) is 0 Å². The van der Waals surface area contributed by atoms with Gasteiger partial charge in [-0.3, -0.25) is 4.79 Å². The highest BCUT2D eigenvalue weighted by atomic mass is 79.9. The number of aliphatic carboxylic acids is 1. The van der Waals surface area contributed by atoms with E-state index in [-0.39, 0.29) is 12.6 Å². The van der Waals surface area contributed by atoms with Gasteiger partial charge < -0.3 is 15.3 Å². The van der Waals surface area contributed by atoms with Crippen molar-refractivity contribution < 1.29 is 14.7 Å². The van der Waals surface area contributed by atoms with E-state index in [1.807, 2.05) is 25.1 Å². The number of aryl methyl sites for hydroxylation is 1. The molecule has 1 aromatic rings. The van der Waals surface area contributed by atoms with Crippen LogP contribution in [0.5, 0.6) is 0 Å². The standard InChI is InChI=1S/C15H19BrN2O3/c1-10-5-3-6-11(12(10)16)17-14(21)18-8-4-7-15(2,9-18)13(19)20/h3,5-6H,4,7-9H2,1-2H3,(H,17,21)(H,19,20). The van der Waals surface area contributed by atoms with Crippen molar-refractivity contribution in [3.05, 3.63) is 28.2 Å². The molecule has 1 unspecified atom stereocenters. The Bertz CT molecular complexity index is 576. The van der Waals surface area contributed by atoms with E-state index in [4.69, 9.17) is 0 Å². The van der Waals surface area contributed by atoms with Crippen LogP contribution >= 0.6 is 15.9 Å². The van der Waals surface area contributed by atoms with Crippen molar-refractivity contribution in [2.45, 2.75) is 26.7 Å². The minimum Gasteiger partial charge on any atom is -0.481 e. The molecule has 0 saturated carbocycles. The molecule has 1 heterocycles. The Kier molecular flexibility index (Phi) is 4.56. The van der Waals surface area contributed by atoms with Gasteiger partial charge in [-0.05, 0) is 54.2 Å². The summed E-state index contributed by atoms with van der Waals surface area (Å²) in [6, 6.07) is 5.37. The topological polar surface area (TPSA) is 69.6 Å². The number of nitrogens with zero attached hydrogens (tertiary/aromatic N) is 1. The summed E-state index contributed by atoms with van der Waals surface area (Å²) in [5.74, 6) is -0.850. The van der Waals surface area contributed by atoms with Crippen LogP contribution in [0.15, 0.2) is 22.7 Å². The second-order valence-electron chi connectivity index (χ2n) is 5.76. The molecule has 5 nitrogen and oxygen atoms in total. The predicted molar refractivity (Wildman–Crippen MR) is 84.4 cm³/mol. The number of nitrogens with one attached hydrogen (secondary N) is 1. The van der Waals surface area contributed by atoms with Gasteiger partial charge in [0.05, 0.1) is 11.1 Å². The summed E-state index contributed by atoms with van der Waals surface area (Å²) in [4.78, 5) is 25.3. The van der Waals surface area contributed by atoms with Gasteiger partial charge in [-0.25, -0.2) is 4.79 Å². The second-order valence-corrected chi connectivity index (χ2v) is 6.55. The summed E-state index contributed by atoms with van der Waals surface area (Å²) in [6.45, 7) is 4.45. The second kappa shape index (κ2) is 6.05. The van der Waals surface area contributed by atoms with Crippen molar-refractivity contribution in [1.29, 1.82) is 0 Å². The maximum Gasteiger partial charge on any atom is 0.321 e. The summed E-state index contributed by atoms with van der Waals surface area (Å²) >= 11 is 3.45. The lowest BCUT2D eigenvalue weighted by molar-refractivity contribution is -0.150. The fraction of sp³-hybridized carbons (Fsp3) is 0.467. The van der Waals surface area contributed by atoms with Crippen LogP contribution in [0.3, 0.4) is 0 Å². The molecule has 1 aliphatic heterocycles. The first-order chi connectivity index (χ1) is 9.83. The first kappa shape index (κ1) is 15.8. The molecule has 1 aromatic carbocycles. The van der Waals surface area contributed by atoms with Crippen molar-refractivity contribution in [3.63, 3.8) is 0 Å². The lowest BCUT2D eigenvalue weighted by Gasteiger charge is -2.37. The highest BCUT2D eigenvalue weighted by molar-refractivity contribution is 9.10. The van der Waals surface area contributed by atoms with E-state index in [0.29, 0.717) is 25.1 Å². The number of halogens is 1. The summed E-state index contributed by atoms with van der Waals surface area (Å²) in [6.07, 6.45) is 1.30. The van der Waals surface area contributed by atoms with Crippen molar-refractivity contribution >= 4 is 33.6 Å². The highest BCUT2D eigenvalue weighted by Crippen LogP contribution is 2.31. The number of benzene rings is 1. The molecule has 1 aliphatic rings. The molecule has 114 valence electrons. The minimum absolute atomic E-state index is 0.234. The summed E-state index contributed by atoms with van der Waals surface area (Å²) < 4.78 is 0.844. The highest BCUT2D eigenvalue weighted by Gasteiger charge is 2.39. The molecule has 6 heteroatoms. The van der Waals surface area contributed by atoms with Crippen LogP contribution in [-0.2, 0) is 4.79 Å². The summed E-state index contributed by atoms with van der Waals surface area (Å²) in [5, 5.41) is 12.1. The van der Waals surface area contributed by atoms with E-state index in [0.717, 1.165) is 10.0 Å². The largest absolute Gasteiger partial charge is 0.481 e. The van der Waals surface area contributed by atoms with Gasteiger partial charge in [-0.15, -0.1) is 0 Å².